The molecule has 0 saturated heterocycles. The largest absolute Gasteiger partial charge is 0.465 e. The molecule has 0 aromatic heterocycles. The van der Waals surface area contributed by atoms with E-state index in [-0.39, 0.29) is 11.6 Å². The highest BCUT2D eigenvalue weighted by molar-refractivity contribution is 7.92. The van der Waals surface area contributed by atoms with Crippen LogP contribution in [0.2, 0.25) is 0 Å². The Labute approximate surface area is 169 Å². The molecule has 0 aliphatic carbocycles. The number of carbonyl (C=O) groups is 3. The number of sulfonamides is 1. The maximum atomic E-state index is 14.1. The van der Waals surface area contributed by atoms with E-state index in [1.165, 1.54) is 0 Å². The Balaban J connectivity index is 2.63. The van der Waals surface area contributed by atoms with Gasteiger partial charge in [0.25, 0.3) is 10.0 Å². The highest BCUT2D eigenvalue weighted by Crippen LogP contribution is 2.26. The van der Waals surface area contributed by atoms with Crippen LogP contribution >= 0.6 is 0 Å². The summed E-state index contributed by atoms with van der Waals surface area (Å²) in [5.74, 6) is -5.74. The molecule has 2 rings (SSSR count). The van der Waals surface area contributed by atoms with Crippen molar-refractivity contribution in [2.75, 3.05) is 26.1 Å². The van der Waals surface area contributed by atoms with E-state index in [1.54, 1.807) is 0 Å². The summed E-state index contributed by atoms with van der Waals surface area (Å²) >= 11 is 0. The maximum absolute atomic E-state index is 14.1. The first-order valence-corrected chi connectivity index (χ1v) is 9.44. The van der Waals surface area contributed by atoms with Crippen molar-refractivity contribution in [1.82, 2.24) is 0 Å². The Bertz CT molecular complexity index is 1130. The van der Waals surface area contributed by atoms with Crippen molar-refractivity contribution < 1.29 is 45.8 Å². The molecule has 1 N–H and O–H groups in total. The second kappa shape index (κ2) is 8.86. The van der Waals surface area contributed by atoms with E-state index in [1.807, 2.05) is 4.72 Å². The normalized spacial score (nSPS) is 10.8. The number of nitrogens with one attached hydrogen (secondary N) is 1. The van der Waals surface area contributed by atoms with E-state index in [9.17, 15) is 31.6 Å². The number of esters is 3. The standard InChI is InChI=1S/C18H15F2NO8S/c1-27-16(22)9-4-5-10(17(23)28-2)15(6-9)30(25,26)21-14-7-11(18(24)29-3)12(19)8-13(14)20/h4-8,21H,1-3H3. The summed E-state index contributed by atoms with van der Waals surface area (Å²) in [5.41, 5.74) is -2.21. The first-order valence-electron chi connectivity index (χ1n) is 7.96. The number of hydrogen-bond acceptors (Lipinski definition) is 8. The fourth-order valence-corrected chi connectivity index (χ4v) is 3.64. The zero-order valence-electron chi connectivity index (χ0n) is 15.8. The number of carbonyl (C=O) groups excluding carboxylic acids is 3. The summed E-state index contributed by atoms with van der Waals surface area (Å²) in [6.45, 7) is 0. The lowest BCUT2D eigenvalue weighted by atomic mass is 10.1. The van der Waals surface area contributed by atoms with Crippen molar-refractivity contribution in [3.63, 3.8) is 0 Å². The zero-order valence-corrected chi connectivity index (χ0v) is 16.6. The van der Waals surface area contributed by atoms with E-state index in [0.29, 0.717) is 6.07 Å². The lowest BCUT2D eigenvalue weighted by molar-refractivity contribution is 0.0583. The van der Waals surface area contributed by atoms with Crippen molar-refractivity contribution in [3.8, 4) is 0 Å². The predicted molar refractivity (Wildman–Crippen MR) is 97.6 cm³/mol. The average Bonchev–Trinajstić information content (AvgIpc) is 2.73. The molecule has 0 unspecified atom stereocenters. The molecule has 0 saturated carbocycles. The Hall–Kier alpha value is -3.54. The predicted octanol–water partition coefficient (Wildman–Crippen LogP) is 2.13. The summed E-state index contributed by atoms with van der Waals surface area (Å²) < 4.78 is 68.8. The molecule has 0 amide bonds. The number of anilines is 1. The Morgan fingerprint density at radius 1 is 0.800 bits per heavy atom. The van der Waals surface area contributed by atoms with Gasteiger partial charge in [0.15, 0.2) is 0 Å². The van der Waals surface area contributed by atoms with Crippen LogP contribution in [-0.4, -0.2) is 47.7 Å². The second-order valence-corrected chi connectivity index (χ2v) is 7.25. The lowest BCUT2D eigenvalue weighted by Crippen LogP contribution is -2.20. The Morgan fingerprint density at radius 3 is 1.93 bits per heavy atom. The van der Waals surface area contributed by atoms with Crippen LogP contribution in [0, 0.1) is 11.6 Å². The third-order valence-electron chi connectivity index (χ3n) is 3.80. The smallest absolute Gasteiger partial charge is 0.340 e. The van der Waals surface area contributed by atoms with Gasteiger partial charge in [0.2, 0.25) is 0 Å². The van der Waals surface area contributed by atoms with Gasteiger partial charge in [-0.3, -0.25) is 4.72 Å². The number of halogens is 2. The third-order valence-corrected chi connectivity index (χ3v) is 5.21. The summed E-state index contributed by atoms with van der Waals surface area (Å²) in [5, 5.41) is 0. The van der Waals surface area contributed by atoms with Gasteiger partial charge in [-0.2, -0.15) is 0 Å². The van der Waals surface area contributed by atoms with Crippen molar-refractivity contribution in [3.05, 3.63) is 58.7 Å². The summed E-state index contributed by atoms with van der Waals surface area (Å²) in [7, 11) is -1.70. The monoisotopic (exact) mass is 443 g/mol. The molecular weight excluding hydrogens is 428 g/mol. The van der Waals surface area contributed by atoms with Crippen LogP contribution in [0.4, 0.5) is 14.5 Å². The van der Waals surface area contributed by atoms with E-state index >= 15 is 0 Å². The third kappa shape index (κ3) is 4.54. The molecule has 9 nitrogen and oxygen atoms in total. The molecule has 0 fully saturated rings. The molecule has 0 aliphatic heterocycles. The van der Waals surface area contributed by atoms with E-state index < -0.39 is 61.3 Å². The van der Waals surface area contributed by atoms with Gasteiger partial charge in [-0.15, -0.1) is 0 Å². The molecule has 2 aromatic rings. The highest BCUT2D eigenvalue weighted by atomic mass is 32.2. The van der Waals surface area contributed by atoms with Crippen LogP contribution in [0.15, 0.2) is 35.2 Å². The van der Waals surface area contributed by atoms with Gasteiger partial charge in [-0.25, -0.2) is 31.6 Å². The van der Waals surface area contributed by atoms with Crippen LogP contribution in [0.25, 0.3) is 0 Å². The van der Waals surface area contributed by atoms with Gasteiger partial charge >= 0.3 is 17.9 Å². The molecule has 0 bridgehead atoms. The number of ether oxygens (including phenoxy) is 3. The quantitative estimate of drug-likeness (QED) is 0.532. The highest BCUT2D eigenvalue weighted by Gasteiger charge is 2.27. The molecule has 160 valence electrons. The molecule has 2 aromatic carbocycles. The van der Waals surface area contributed by atoms with Crippen molar-refractivity contribution in [2.24, 2.45) is 0 Å². The number of benzene rings is 2. The molecule has 0 spiro atoms. The fraction of sp³-hybridized carbons (Fsp3) is 0.167. The summed E-state index contributed by atoms with van der Waals surface area (Å²) in [6.07, 6.45) is 0. The maximum Gasteiger partial charge on any atom is 0.340 e. The molecule has 0 heterocycles. The SMILES string of the molecule is COC(=O)c1ccc(C(=O)OC)c(S(=O)(=O)Nc2cc(C(=O)OC)c(F)cc2F)c1. The fourth-order valence-electron chi connectivity index (χ4n) is 2.36. The summed E-state index contributed by atoms with van der Waals surface area (Å²) in [6, 6.07) is 3.84. The van der Waals surface area contributed by atoms with Gasteiger partial charge in [0.05, 0.1) is 43.7 Å². The number of methoxy groups -OCH3 is 3. The number of hydrogen-bond donors (Lipinski definition) is 1. The molecule has 0 radical (unpaired) electrons. The minimum Gasteiger partial charge on any atom is -0.465 e. The average molecular weight is 443 g/mol. The lowest BCUT2D eigenvalue weighted by Gasteiger charge is -2.14. The number of rotatable bonds is 6. The van der Waals surface area contributed by atoms with Crippen LogP contribution < -0.4 is 4.72 Å². The molecule has 0 aliphatic rings. The molecular formula is C18H15F2NO8S. The topological polar surface area (TPSA) is 125 Å². The second-order valence-electron chi connectivity index (χ2n) is 5.60. The van der Waals surface area contributed by atoms with E-state index in [4.69, 9.17) is 0 Å². The van der Waals surface area contributed by atoms with Gasteiger partial charge in [0.1, 0.15) is 16.5 Å². The van der Waals surface area contributed by atoms with E-state index in [0.717, 1.165) is 39.5 Å². The van der Waals surface area contributed by atoms with Crippen molar-refractivity contribution >= 4 is 33.6 Å². The molecule has 0 atom stereocenters. The van der Waals surface area contributed by atoms with Crippen LogP contribution in [0.5, 0.6) is 0 Å². The van der Waals surface area contributed by atoms with Crippen LogP contribution in [0.3, 0.4) is 0 Å². The van der Waals surface area contributed by atoms with Crippen molar-refractivity contribution in [1.29, 1.82) is 0 Å². The van der Waals surface area contributed by atoms with Crippen LogP contribution in [-0.2, 0) is 24.2 Å². The minimum atomic E-state index is -4.72. The van der Waals surface area contributed by atoms with Gasteiger partial charge in [0, 0.05) is 6.07 Å². The van der Waals surface area contributed by atoms with Gasteiger partial charge in [-0.05, 0) is 24.3 Å². The minimum absolute atomic E-state index is 0.222. The van der Waals surface area contributed by atoms with Gasteiger partial charge < -0.3 is 14.2 Å². The summed E-state index contributed by atoms with van der Waals surface area (Å²) in [4.78, 5) is 34.6. The van der Waals surface area contributed by atoms with Gasteiger partial charge in [-0.1, -0.05) is 0 Å². The Morgan fingerprint density at radius 2 is 1.37 bits per heavy atom. The van der Waals surface area contributed by atoms with Crippen LogP contribution in [0.1, 0.15) is 31.1 Å². The van der Waals surface area contributed by atoms with Crippen molar-refractivity contribution in [2.45, 2.75) is 4.90 Å². The first kappa shape index (κ1) is 22.7. The first-order chi connectivity index (χ1) is 14.0. The zero-order chi connectivity index (χ0) is 22.6. The molecule has 30 heavy (non-hydrogen) atoms. The molecule has 12 heteroatoms. The Kier molecular flexibility index (Phi) is 6.72. The van der Waals surface area contributed by atoms with E-state index in [2.05, 4.69) is 14.2 Å².